The first kappa shape index (κ1) is 24.3. The molecular formula is C32H28O5. The molecule has 0 bridgehead atoms. The van der Waals surface area contributed by atoms with Crippen molar-refractivity contribution >= 4 is 12.3 Å². The first-order valence-electron chi connectivity index (χ1n) is 12.2. The van der Waals surface area contributed by atoms with E-state index in [-0.39, 0.29) is 0 Å². The summed E-state index contributed by atoms with van der Waals surface area (Å²) < 4.78 is 17.3. The maximum absolute atomic E-state index is 14.0. The fourth-order valence-electron chi connectivity index (χ4n) is 5.52. The van der Waals surface area contributed by atoms with Crippen LogP contribution in [0.4, 0.5) is 0 Å². The summed E-state index contributed by atoms with van der Waals surface area (Å²) in [6, 6.07) is 32.4. The molecule has 0 saturated heterocycles. The standard InChI is InChI=1S/C32H28O5/c1-35-26-17-9-7-15-23(26)29-25(20-33)30(24-16-8-10-18-27(24)36-2)31(29)32(34)37-28-19-11-6-14-22(28)21-12-4-3-5-13-21/h3-20,25,29-31H,1-2H3/t25?,29-,30-,31?/m0/s1. The minimum absolute atomic E-state index is 0.395. The Labute approximate surface area is 216 Å². The van der Waals surface area contributed by atoms with Crippen molar-refractivity contribution < 1.29 is 23.8 Å². The average Bonchev–Trinajstić information content (AvgIpc) is 2.94. The molecule has 0 amide bonds. The average molecular weight is 493 g/mol. The molecule has 1 saturated carbocycles. The molecule has 2 atom stereocenters. The highest BCUT2D eigenvalue weighted by Crippen LogP contribution is 2.59. The van der Waals surface area contributed by atoms with E-state index in [1.165, 1.54) is 0 Å². The maximum Gasteiger partial charge on any atom is 0.315 e. The van der Waals surface area contributed by atoms with Crippen LogP contribution in [0, 0.1) is 11.8 Å². The van der Waals surface area contributed by atoms with Gasteiger partial charge in [0.2, 0.25) is 0 Å². The second-order valence-electron chi connectivity index (χ2n) is 9.06. The van der Waals surface area contributed by atoms with Crippen LogP contribution in [0.1, 0.15) is 23.0 Å². The quantitative estimate of drug-likeness (QED) is 0.164. The van der Waals surface area contributed by atoms with Gasteiger partial charge in [-0.2, -0.15) is 0 Å². The lowest BCUT2D eigenvalue weighted by atomic mass is 9.52. The van der Waals surface area contributed by atoms with E-state index in [0.717, 1.165) is 28.5 Å². The molecule has 5 heteroatoms. The molecular weight excluding hydrogens is 464 g/mol. The lowest BCUT2D eigenvalue weighted by molar-refractivity contribution is -0.148. The summed E-state index contributed by atoms with van der Waals surface area (Å²) in [5.41, 5.74) is 3.40. The Morgan fingerprint density at radius 1 is 0.649 bits per heavy atom. The van der Waals surface area contributed by atoms with Crippen LogP contribution in [0.15, 0.2) is 103 Å². The van der Waals surface area contributed by atoms with Crippen LogP contribution < -0.4 is 14.2 Å². The number of hydrogen-bond acceptors (Lipinski definition) is 5. The van der Waals surface area contributed by atoms with Gasteiger partial charge in [-0.3, -0.25) is 4.79 Å². The summed E-state index contributed by atoms with van der Waals surface area (Å²) in [6.45, 7) is 0. The molecule has 5 nitrogen and oxygen atoms in total. The van der Waals surface area contributed by atoms with Crippen LogP contribution in [-0.4, -0.2) is 26.5 Å². The molecule has 37 heavy (non-hydrogen) atoms. The molecule has 0 aromatic heterocycles. The third-order valence-corrected chi connectivity index (χ3v) is 7.21. The first-order valence-corrected chi connectivity index (χ1v) is 12.2. The van der Waals surface area contributed by atoms with Gasteiger partial charge in [0, 0.05) is 23.3 Å². The Kier molecular flexibility index (Phi) is 7.04. The highest BCUT2D eigenvalue weighted by Gasteiger charge is 2.57. The monoisotopic (exact) mass is 492 g/mol. The molecule has 1 aliphatic rings. The normalized spacial score (nSPS) is 20.4. The highest BCUT2D eigenvalue weighted by atomic mass is 16.5. The predicted molar refractivity (Wildman–Crippen MR) is 142 cm³/mol. The summed E-state index contributed by atoms with van der Waals surface area (Å²) >= 11 is 0. The van der Waals surface area contributed by atoms with Gasteiger partial charge >= 0.3 is 5.97 Å². The summed E-state index contributed by atoms with van der Waals surface area (Å²) in [5, 5.41) is 0. The minimum Gasteiger partial charge on any atom is -0.496 e. The molecule has 0 unspecified atom stereocenters. The van der Waals surface area contributed by atoms with Gasteiger partial charge in [0.25, 0.3) is 0 Å². The number of carbonyl (C=O) groups is 2. The van der Waals surface area contributed by atoms with E-state index in [2.05, 4.69) is 0 Å². The molecule has 0 aliphatic heterocycles. The van der Waals surface area contributed by atoms with Gasteiger partial charge in [-0.15, -0.1) is 0 Å². The van der Waals surface area contributed by atoms with Crippen molar-refractivity contribution in [3.63, 3.8) is 0 Å². The number of methoxy groups -OCH3 is 2. The maximum atomic E-state index is 14.0. The zero-order valence-electron chi connectivity index (χ0n) is 20.7. The molecule has 186 valence electrons. The van der Waals surface area contributed by atoms with Crippen LogP contribution in [0.5, 0.6) is 17.2 Å². The summed E-state index contributed by atoms with van der Waals surface area (Å²) in [5.74, 6) is -0.513. The molecule has 1 fully saturated rings. The van der Waals surface area contributed by atoms with Crippen molar-refractivity contribution in [1.82, 2.24) is 0 Å². The Morgan fingerprint density at radius 2 is 1.14 bits per heavy atom. The Bertz CT molecular complexity index is 1340. The Hall–Kier alpha value is -4.38. The molecule has 1 aliphatic carbocycles. The number of hydrogen-bond donors (Lipinski definition) is 0. The minimum atomic E-state index is -0.619. The number of para-hydroxylation sites is 3. The SMILES string of the molecule is COc1ccccc1[C@H]1C(C=O)[C@H](c2ccccc2OC)C1C(=O)Oc1ccccc1-c1ccccc1. The van der Waals surface area contributed by atoms with E-state index in [4.69, 9.17) is 14.2 Å². The molecule has 0 radical (unpaired) electrons. The fraction of sp³-hybridized carbons (Fsp3) is 0.188. The molecule has 5 rings (SSSR count). The van der Waals surface area contributed by atoms with Gasteiger partial charge in [-0.05, 0) is 34.9 Å². The van der Waals surface area contributed by atoms with Gasteiger partial charge in [0.1, 0.15) is 23.5 Å². The number of benzene rings is 4. The highest BCUT2D eigenvalue weighted by molar-refractivity contribution is 5.85. The Morgan fingerprint density at radius 3 is 1.68 bits per heavy atom. The number of rotatable bonds is 8. The van der Waals surface area contributed by atoms with E-state index in [0.29, 0.717) is 17.2 Å². The third kappa shape index (κ3) is 4.49. The summed E-state index contributed by atoms with van der Waals surface area (Å²) in [6.07, 6.45) is 0.940. The number of ether oxygens (including phenoxy) is 3. The number of aldehydes is 1. The fourth-order valence-corrected chi connectivity index (χ4v) is 5.52. The second kappa shape index (κ2) is 10.7. The largest absolute Gasteiger partial charge is 0.496 e. The molecule has 0 heterocycles. The van der Waals surface area contributed by atoms with E-state index in [9.17, 15) is 9.59 Å². The van der Waals surface area contributed by atoms with E-state index in [1.807, 2.05) is 97.1 Å². The van der Waals surface area contributed by atoms with Crippen LogP contribution in [0.3, 0.4) is 0 Å². The zero-order chi connectivity index (χ0) is 25.8. The molecule has 0 spiro atoms. The summed E-state index contributed by atoms with van der Waals surface area (Å²) in [7, 11) is 3.18. The molecule has 4 aromatic carbocycles. The second-order valence-corrected chi connectivity index (χ2v) is 9.06. The van der Waals surface area contributed by atoms with Crippen molar-refractivity contribution in [2.24, 2.45) is 11.8 Å². The van der Waals surface area contributed by atoms with E-state index in [1.54, 1.807) is 20.3 Å². The van der Waals surface area contributed by atoms with Crippen molar-refractivity contribution in [2.45, 2.75) is 11.8 Å². The van der Waals surface area contributed by atoms with Crippen molar-refractivity contribution in [3.05, 3.63) is 114 Å². The van der Waals surface area contributed by atoms with Crippen LogP contribution >= 0.6 is 0 Å². The number of carbonyl (C=O) groups excluding carboxylic acids is 2. The Balaban J connectivity index is 1.58. The molecule has 0 N–H and O–H groups in total. The lowest BCUT2D eigenvalue weighted by Gasteiger charge is -2.49. The number of esters is 1. The van der Waals surface area contributed by atoms with Gasteiger partial charge in [0.15, 0.2) is 0 Å². The van der Waals surface area contributed by atoms with Crippen molar-refractivity contribution in [1.29, 1.82) is 0 Å². The van der Waals surface area contributed by atoms with Gasteiger partial charge in [0.05, 0.1) is 20.1 Å². The van der Waals surface area contributed by atoms with E-state index < -0.39 is 29.6 Å². The first-order chi connectivity index (χ1) is 18.2. The zero-order valence-corrected chi connectivity index (χ0v) is 20.7. The van der Waals surface area contributed by atoms with Crippen LogP contribution in [0.2, 0.25) is 0 Å². The third-order valence-electron chi connectivity index (χ3n) is 7.21. The summed E-state index contributed by atoms with van der Waals surface area (Å²) in [4.78, 5) is 26.5. The lowest BCUT2D eigenvalue weighted by Crippen LogP contribution is -2.49. The van der Waals surface area contributed by atoms with Gasteiger partial charge < -0.3 is 19.0 Å². The van der Waals surface area contributed by atoms with Gasteiger partial charge in [-0.1, -0.05) is 84.9 Å². The van der Waals surface area contributed by atoms with E-state index >= 15 is 0 Å². The van der Waals surface area contributed by atoms with Gasteiger partial charge in [-0.25, -0.2) is 0 Å². The molecule has 4 aromatic rings. The van der Waals surface area contributed by atoms with Crippen LogP contribution in [-0.2, 0) is 9.59 Å². The van der Waals surface area contributed by atoms with Crippen LogP contribution in [0.25, 0.3) is 11.1 Å². The topological polar surface area (TPSA) is 61.8 Å². The smallest absolute Gasteiger partial charge is 0.315 e. The predicted octanol–water partition coefficient (Wildman–Crippen LogP) is 6.29. The van der Waals surface area contributed by atoms with Crippen molar-refractivity contribution in [3.8, 4) is 28.4 Å². The van der Waals surface area contributed by atoms with Crippen molar-refractivity contribution in [2.75, 3.05) is 14.2 Å².